The van der Waals surface area contributed by atoms with Crippen LogP contribution in [-0.4, -0.2) is 25.0 Å². The highest BCUT2D eigenvalue weighted by Gasteiger charge is 2.16. The summed E-state index contributed by atoms with van der Waals surface area (Å²) in [6.45, 7) is 3.92. The van der Waals surface area contributed by atoms with Crippen LogP contribution in [0.4, 0.5) is 0 Å². The van der Waals surface area contributed by atoms with Crippen LogP contribution in [0.25, 0.3) is 0 Å². The standard InChI is InChI=1S/C16H24N4O/c1-2-18-15(21)14-8-4-7-13(9-14)11-20-16(17)19-10-12-5-3-6-12/h4,7-9,12H,2-3,5-6,10-11H2,1H3,(H,18,21)(H3,17,19,20). The molecule has 0 aliphatic heterocycles. The van der Waals surface area contributed by atoms with E-state index in [9.17, 15) is 4.79 Å². The third kappa shape index (κ3) is 4.77. The Balaban J connectivity index is 1.86. The maximum absolute atomic E-state index is 11.8. The Hall–Kier alpha value is -2.04. The first kappa shape index (κ1) is 15.4. The van der Waals surface area contributed by atoms with Crippen molar-refractivity contribution in [2.24, 2.45) is 16.6 Å². The largest absolute Gasteiger partial charge is 0.370 e. The van der Waals surface area contributed by atoms with Gasteiger partial charge in [0, 0.05) is 18.7 Å². The van der Waals surface area contributed by atoms with E-state index in [1.165, 1.54) is 19.3 Å². The molecule has 1 aliphatic carbocycles. The number of benzene rings is 1. The maximum Gasteiger partial charge on any atom is 0.251 e. The Morgan fingerprint density at radius 1 is 1.38 bits per heavy atom. The van der Waals surface area contributed by atoms with Crippen molar-refractivity contribution in [3.63, 3.8) is 0 Å². The molecule has 4 N–H and O–H groups in total. The van der Waals surface area contributed by atoms with E-state index in [-0.39, 0.29) is 5.91 Å². The average molecular weight is 288 g/mol. The molecule has 1 aliphatic rings. The van der Waals surface area contributed by atoms with Gasteiger partial charge in [0.25, 0.3) is 5.91 Å². The number of carbonyl (C=O) groups excluding carboxylic acids is 1. The Morgan fingerprint density at radius 2 is 2.19 bits per heavy atom. The van der Waals surface area contributed by atoms with Crippen LogP contribution in [0.2, 0.25) is 0 Å². The molecular formula is C16H24N4O. The van der Waals surface area contributed by atoms with Gasteiger partial charge in [-0.05, 0) is 43.4 Å². The van der Waals surface area contributed by atoms with E-state index in [1.807, 2.05) is 25.1 Å². The number of hydrogen-bond donors (Lipinski definition) is 3. The predicted octanol–water partition coefficient (Wildman–Crippen LogP) is 1.64. The van der Waals surface area contributed by atoms with E-state index in [4.69, 9.17) is 5.73 Å². The number of nitrogens with one attached hydrogen (secondary N) is 2. The second-order valence-corrected chi connectivity index (χ2v) is 5.44. The van der Waals surface area contributed by atoms with Crippen LogP contribution in [0.15, 0.2) is 29.3 Å². The summed E-state index contributed by atoms with van der Waals surface area (Å²) in [6.07, 6.45) is 3.90. The summed E-state index contributed by atoms with van der Waals surface area (Å²) in [6, 6.07) is 7.48. The van der Waals surface area contributed by atoms with Crippen molar-refractivity contribution < 1.29 is 4.79 Å². The lowest BCUT2D eigenvalue weighted by atomic mass is 9.85. The van der Waals surface area contributed by atoms with Gasteiger partial charge in [-0.15, -0.1) is 0 Å². The summed E-state index contributed by atoms with van der Waals surface area (Å²) < 4.78 is 0. The minimum atomic E-state index is -0.0561. The van der Waals surface area contributed by atoms with E-state index in [0.29, 0.717) is 24.6 Å². The van der Waals surface area contributed by atoms with Crippen LogP contribution in [0.5, 0.6) is 0 Å². The van der Waals surface area contributed by atoms with Crippen molar-refractivity contribution >= 4 is 11.9 Å². The van der Waals surface area contributed by atoms with Crippen molar-refractivity contribution in [1.29, 1.82) is 0 Å². The Morgan fingerprint density at radius 3 is 2.86 bits per heavy atom. The minimum absolute atomic E-state index is 0.0561. The monoisotopic (exact) mass is 288 g/mol. The van der Waals surface area contributed by atoms with Gasteiger partial charge in [0.1, 0.15) is 0 Å². The van der Waals surface area contributed by atoms with E-state index in [2.05, 4.69) is 15.6 Å². The lowest BCUT2D eigenvalue weighted by Gasteiger charge is -2.25. The highest BCUT2D eigenvalue weighted by molar-refractivity contribution is 5.94. The molecule has 0 radical (unpaired) electrons. The van der Waals surface area contributed by atoms with Gasteiger partial charge in [0.15, 0.2) is 5.96 Å². The summed E-state index contributed by atoms with van der Waals surface area (Å²) in [7, 11) is 0. The van der Waals surface area contributed by atoms with Gasteiger partial charge in [-0.2, -0.15) is 0 Å². The van der Waals surface area contributed by atoms with Crippen LogP contribution in [0, 0.1) is 5.92 Å². The third-order valence-electron chi connectivity index (χ3n) is 3.76. The lowest BCUT2D eigenvalue weighted by molar-refractivity contribution is 0.0955. The molecule has 0 aromatic heterocycles. The fourth-order valence-electron chi connectivity index (χ4n) is 2.25. The number of carbonyl (C=O) groups is 1. The maximum atomic E-state index is 11.8. The Bertz CT molecular complexity index is 509. The lowest BCUT2D eigenvalue weighted by Crippen LogP contribution is -2.37. The molecule has 1 fully saturated rings. The Kier molecular flexibility index (Phi) is 5.60. The molecule has 0 atom stereocenters. The Labute approximate surface area is 126 Å². The summed E-state index contributed by atoms with van der Waals surface area (Å²) in [5.74, 6) is 1.17. The van der Waals surface area contributed by atoms with Gasteiger partial charge in [0.2, 0.25) is 0 Å². The van der Waals surface area contributed by atoms with Crippen molar-refractivity contribution in [1.82, 2.24) is 10.6 Å². The summed E-state index contributed by atoms with van der Waals surface area (Å²) in [5.41, 5.74) is 7.49. The summed E-state index contributed by atoms with van der Waals surface area (Å²) in [4.78, 5) is 16.1. The highest BCUT2D eigenvalue weighted by Crippen LogP contribution is 2.24. The molecule has 5 nitrogen and oxygen atoms in total. The van der Waals surface area contributed by atoms with Crippen LogP contribution < -0.4 is 16.4 Å². The third-order valence-corrected chi connectivity index (χ3v) is 3.76. The van der Waals surface area contributed by atoms with E-state index >= 15 is 0 Å². The van der Waals surface area contributed by atoms with Gasteiger partial charge in [-0.25, -0.2) is 4.99 Å². The van der Waals surface area contributed by atoms with Gasteiger partial charge in [-0.1, -0.05) is 18.6 Å². The molecule has 1 aromatic carbocycles. The van der Waals surface area contributed by atoms with E-state index < -0.39 is 0 Å². The molecule has 21 heavy (non-hydrogen) atoms. The topological polar surface area (TPSA) is 79.5 Å². The molecule has 5 heteroatoms. The van der Waals surface area contributed by atoms with Crippen molar-refractivity contribution in [3.05, 3.63) is 35.4 Å². The predicted molar refractivity (Wildman–Crippen MR) is 85.1 cm³/mol. The fourth-order valence-corrected chi connectivity index (χ4v) is 2.25. The van der Waals surface area contributed by atoms with E-state index in [0.717, 1.165) is 18.0 Å². The number of hydrogen-bond acceptors (Lipinski definition) is 2. The van der Waals surface area contributed by atoms with Crippen LogP contribution in [0.3, 0.4) is 0 Å². The zero-order valence-electron chi connectivity index (χ0n) is 12.6. The SMILES string of the molecule is CCNC(=O)c1cccc(CN=C(N)NCC2CCC2)c1. The molecule has 114 valence electrons. The number of rotatable bonds is 6. The normalized spacial score (nSPS) is 15.4. The van der Waals surface area contributed by atoms with Gasteiger partial charge in [0.05, 0.1) is 6.54 Å². The average Bonchev–Trinajstić information content (AvgIpc) is 2.44. The molecule has 0 heterocycles. The number of amides is 1. The second kappa shape index (κ2) is 7.67. The first-order valence-corrected chi connectivity index (χ1v) is 7.60. The number of aliphatic imine (C=N–C) groups is 1. The number of nitrogens with two attached hydrogens (primary N) is 1. The molecule has 0 spiro atoms. The molecule has 1 amide bonds. The quantitative estimate of drug-likeness (QED) is 0.550. The molecule has 0 bridgehead atoms. The van der Waals surface area contributed by atoms with Gasteiger partial charge in [-0.3, -0.25) is 4.79 Å². The number of guanidine groups is 1. The molecule has 1 aromatic rings. The molecule has 1 saturated carbocycles. The molecule has 0 unspecified atom stereocenters. The molecule has 0 saturated heterocycles. The first-order chi connectivity index (χ1) is 10.2. The molecular weight excluding hydrogens is 264 g/mol. The van der Waals surface area contributed by atoms with Gasteiger partial charge < -0.3 is 16.4 Å². The summed E-state index contributed by atoms with van der Waals surface area (Å²) >= 11 is 0. The van der Waals surface area contributed by atoms with Gasteiger partial charge >= 0.3 is 0 Å². The van der Waals surface area contributed by atoms with Crippen LogP contribution >= 0.6 is 0 Å². The van der Waals surface area contributed by atoms with Crippen LogP contribution in [-0.2, 0) is 6.54 Å². The first-order valence-electron chi connectivity index (χ1n) is 7.60. The van der Waals surface area contributed by atoms with Crippen molar-refractivity contribution in [3.8, 4) is 0 Å². The smallest absolute Gasteiger partial charge is 0.251 e. The second-order valence-electron chi connectivity index (χ2n) is 5.44. The van der Waals surface area contributed by atoms with Crippen LogP contribution in [0.1, 0.15) is 42.1 Å². The highest BCUT2D eigenvalue weighted by atomic mass is 16.1. The minimum Gasteiger partial charge on any atom is -0.370 e. The zero-order valence-corrected chi connectivity index (χ0v) is 12.6. The fraction of sp³-hybridized carbons (Fsp3) is 0.500. The number of nitrogens with zero attached hydrogens (tertiary/aromatic N) is 1. The summed E-state index contributed by atoms with van der Waals surface area (Å²) in [5, 5.41) is 5.95. The molecule has 2 rings (SSSR count). The zero-order chi connectivity index (χ0) is 15.1. The van der Waals surface area contributed by atoms with Crippen molar-refractivity contribution in [2.45, 2.75) is 32.7 Å². The van der Waals surface area contributed by atoms with Crippen molar-refractivity contribution in [2.75, 3.05) is 13.1 Å². The van der Waals surface area contributed by atoms with E-state index in [1.54, 1.807) is 6.07 Å².